The molecule has 0 saturated carbocycles. The van der Waals surface area contributed by atoms with Crippen LogP contribution in [0.1, 0.15) is 29.7 Å². The fourth-order valence-electron chi connectivity index (χ4n) is 2.85. The van der Waals surface area contributed by atoms with Gasteiger partial charge in [0, 0.05) is 21.6 Å². The van der Waals surface area contributed by atoms with Crippen LogP contribution in [0.5, 0.6) is 0 Å². The van der Waals surface area contributed by atoms with Crippen molar-refractivity contribution in [3.05, 3.63) is 88.7 Å². The number of aromatic nitrogens is 1. The van der Waals surface area contributed by atoms with Gasteiger partial charge < -0.3 is 14.2 Å². The lowest BCUT2D eigenvalue weighted by Gasteiger charge is -2.23. The summed E-state index contributed by atoms with van der Waals surface area (Å²) < 4.78 is 45.2. The maximum atomic E-state index is 14.1. The third kappa shape index (κ3) is 4.96. The molecule has 0 spiro atoms. The Morgan fingerprint density at radius 2 is 1.97 bits per heavy atom. The third-order valence-corrected chi connectivity index (χ3v) is 6.31. The molecule has 3 rings (SSSR count). The van der Waals surface area contributed by atoms with Crippen LogP contribution in [0.3, 0.4) is 0 Å². The molecule has 0 amide bonds. The molecule has 1 heterocycles. The van der Waals surface area contributed by atoms with Gasteiger partial charge in [0.15, 0.2) is 0 Å². The van der Waals surface area contributed by atoms with Crippen LogP contribution in [0.25, 0.3) is 0 Å². The van der Waals surface area contributed by atoms with Crippen molar-refractivity contribution in [1.82, 2.24) is 4.98 Å². The molecule has 0 aliphatic carbocycles. The predicted molar refractivity (Wildman–Crippen MR) is 117 cm³/mol. The Bertz CT molecular complexity index is 1120. The number of anilines is 2. The van der Waals surface area contributed by atoms with E-state index in [1.165, 1.54) is 12.1 Å². The molecule has 164 valence electrons. The standard InChI is InChI=1S/C21H20BrF2N2O4P/c1-3-14(2)19-12-25-20(30-19)26(16-7-5-4-6-8-16)13-15-9-10-17(18(22)11-15)21(23,24)31(27,28)29/h3-12,14H,1,13H2,2H3,(H2,27,28,29). The number of para-hydroxylation sites is 1. The van der Waals surface area contributed by atoms with E-state index in [-0.39, 0.29) is 16.9 Å². The van der Waals surface area contributed by atoms with Crippen LogP contribution in [0.2, 0.25) is 0 Å². The first-order chi connectivity index (χ1) is 14.5. The van der Waals surface area contributed by atoms with Gasteiger partial charge in [-0.05, 0) is 23.8 Å². The molecule has 2 N–H and O–H groups in total. The quantitative estimate of drug-likeness (QED) is 0.272. The largest absolute Gasteiger partial charge is 0.428 e. The Morgan fingerprint density at radius 1 is 1.29 bits per heavy atom. The Kier molecular flexibility index (Phi) is 6.81. The Balaban J connectivity index is 1.97. The fraction of sp³-hybridized carbons (Fsp3) is 0.190. The SMILES string of the molecule is C=CC(C)c1cnc(N(Cc2ccc(C(F)(F)P(=O)(O)O)c(Br)c2)c2ccccc2)o1. The molecule has 0 aliphatic heterocycles. The van der Waals surface area contributed by atoms with Gasteiger partial charge in [-0.3, -0.25) is 9.46 Å². The minimum absolute atomic E-state index is 0.0396. The summed E-state index contributed by atoms with van der Waals surface area (Å²) in [5.41, 5.74) is -3.73. The van der Waals surface area contributed by atoms with Crippen LogP contribution < -0.4 is 4.90 Å². The normalized spacial score (nSPS) is 13.1. The van der Waals surface area contributed by atoms with Gasteiger partial charge in [-0.2, -0.15) is 8.78 Å². The lowest BCUT2D eigenvalue weighted by atomic mass is 10.1. The number of hydrogen-bond donors (Lipinski definition) is 2. The number of alkyl halides is 2. The molecule has 1 atom stereocenters. The van der Waals surface area contributed by atoms with E-state index < -0.39 is 18.8 Å². The van der Waals surface area contributed by atoms with Gasteiger partial charge in [0.05, 0.1) is 12.7 Å². The van der Waals surface area contributed by atoms with Crippen LogP contribution in [0, 0.1) is 0 Å². The molecule has 1 unspecified atom stereocenters. The number of allylic oxidation sites excluding steroid dienone is 1. The first-order valence-electron chi connectivity index (χ1n) is 9.18. The highest BCUT2D eigenvalue weighted by atomic mass is 79.9. The van der Waals surface area contributed by atoms with Crippen LogP contribution in [0.4, 0.5) is 20.5 Å². The number of rotatable bonds is 8. The van der Waals surface area contributed by atoms with E-state index >= 15 is 0 Å². The van der Waals surface area contributed by atoms with Gasteiger partial charge in [-0.15, -0.1) is 6.58 Å². The summed E-state index contributed by atoms with van der Waals surface area (Å²) in [6.45, 7) is 5.88. The molecule has 1 aromatic heterocycles. The van der Waals surface area contributed by atoms with Crippen molar-refractivity contribution in [1.29, 1.82) is 0 Å². The predicted octanol–water partition coefficient (Wildman–Crippen LogP) is 6.29. The fourth-order valence-corrected chi connectivity index (χ4v) is 4.18. The van der Waals surface area contributed by atoms with E-state index in [4.69, 9.17) is 14.2 Å². The number of hydrogen-bond acceptors (Lipinski definition) is 4. The van der Waals surface area contributed by atoms with Crippen molar-refractivity contribution in [2.75, 3.05) is 4.90 Å². The van der Waals surface area contributed by atoms with Crippen LogP contribution in [-0.4, -0.2) is 14.8 Å². The van der Waals surface area contributed by atoms with Crippen molar-refractivity contribution in [3.8, 4) is 0 Å². The molecule has 2 aromatic carbocycles. The smallest absolute Gasteiger partial charge is 0.399 e. The Hall–Kier alpha value is -2.32. The summed E-state index contributed by atoms with van der Waals surface area (Å²) in [6.07, 6.45) is 3.34. The van der Waals surface area contributed by atoms with Crippen molar-refractivity contribution in [2.45, 2.75) is 25.1 Å². The van der Waals surface area contributed by atoms with Gasteiger partial charge in [0.25, 0.3) is 0 Å². The zero-order chi connectivity index (χ0) is 22.8. The minimum atomic E-state index is -5.67. The summed E-state index contributed by atoms with van der Waals surface area (Å²) in [6, 6.07) is 13.4. The molecule has 3 aromatic rings. The molecular formula is C21H20BrF2N2O4P. The highest BCUT2D eigenvalue weighted by Crippen LogP contribution is 2.60. The molecule has 0 bridgehead atoms. The Labute approximate surface area is 186 Å². The highest BCUT2D eigenvalue weighted by molar-refractivity contribution is 9.10. The average Bonchev–Trinajstić information content (AvgIpc) is 3.21. The van der Waals surface area contributed by atoms with E-state index in [1.54, 1.807) is 17.2 Å². The summed E-state index contributed by atoms with van der Waals surface area (Å²) in [7, 11) is -5.67. The minimum Gasteiger partial charge on any atom is -0.428 e. The second kappa shape index (κ2) is 9.04. The maximum Gasteiger partial charge on any atom is 0.399 e. The summed E-state index contributed by atoms with van der Waals surface area (Å²) >= 11 is 3.02. The zero-order valence-corrected chi connectivity index (χ0v) is 18.9. The summed E-state index contributed by atoms with van der Waals surface area (Å²) in [4.78, 5) is 24.1. The lowest BCUT2D eigenvalue weighted by molar-refractivity contribution is 0.0557. The maximum absolute atomic E-state index is 14.1. The molecule has 6 nitrogen and oxygen atoms in total. The van der Waals surface area contributed by atoms with Crippen LogP contribution in [0.15, 0.2) is 76.3 Å². The molecule has 10 heteroatoms. The zero-order valence-electron chi connectivity index (χ0n) is 16.5. The topological polar surface area (TPSA) is 86.8 Å². The summed E-state index contributed by atoms with van der Waals surface area (Å²) in [5, 5.41) is 0. The lowest BCUT2D eigenvalue weighted by Crippen LogP contribution is -2.18. The van der Waals surface area contributed by atoms with E-state index in [1.807, 2.05) is 37.3 Å². The average molecular weight is 513 g/mol. The van der Waals surface area contributed by atoms with Crippen LogP contribution >= 0.6 is 23.5 Å². The molecular weight excluding hydrogens is 493 g/mol. The first kappa shape index (κ1) is 23.3. The van der Waals surface area contributed by atoms with Crippen molar-refractivity contribution >= 4 is 35.2 Å². The van der Waals surface area contributed by atoms with Crippen molar-refractivity contribution in [3.63, 3.8) is 0 Å². The molecule has 0 aliphatic rings. The van der Waals surface area contributed by atoms with Gasteiger partial charge in [-0.25, -0.2) is 4.98 Å². The second-order valence-electron chi connectivity index (χ2n) is 6.89. The third-order valence-electron chi connectivity index (χ3n) is 4.68. The van der Waals surface area contributed by atoms with Gasteiger partial charge >= 0.3 is 19.3 Å². The Morgan fingerprint density at radius 3 is 2.55 bits per heavy atom. The summed E-state index contributed by atoms with van der Waals surface area (Å²) in [5.74, 6) is 0.589. The van der Waals surface area contributed by atoms with Crippen molar-refractivity contribution in [2.24, 2.45) is 0 Å². The van der Waals surface area contributed by atoms with Gasteiger partial charge in [0.2, 0.25) is 0 Å². The van der Waals surface area contributed by atoms with E-state index in [0.29, 0.717) is 17.3 Å². The van der Waals surface area contributed by atoms with E-state index in [2.05, 4.69) is 27.5 Å². The number of halogens is 3. The molecule has 31 heavy (non-hydrogen) atoms. The first-order valence-corrected chi connectivity index (χ1v) is 11.6. The number of oxazole rings is 1. The monoisotopic (exact) mass is 512 g/mol. The molecule has 0 saturated heterocycles. The van der Waals surface area contributed by atoms with Crippen LogP contribution in [-0.2, 0) is 16.8 Å². The van der Waals surface area contributed by atoms with Crippen molar-refractivity contribution < 1.29 is 27.5 Å². The highest BCUT2D eigenvalue weighted by Gasteiger charge is 2.51. The number of benzene rings is 2. The van der Waals surface area contributed by atoms with Gasteiger partial charge in [-0.1, -0.05) is 59.3 Å². The van der Waals surface area contributed by atoms with Gasteiger partial charge in [0.1, 0.15) is 5.76 Å². The second-order valence-corrected chi connectivity index (χ2v) is 9.39. The number of nitrogens with zero attached hydrogens (tertiary/aromatic N) is 2. The molecule has 0 radical (unpaired) electrons. The van der Waals surface area contributed by atoms with E-state index in [9.17, 15) is 13.3 Å². The molecule has 0 fully saturated rings. The van der Waals surface area contributed by atoms with E-state index in [0.717, 1.165) is 11.8 Å².